The molecule has 1 N–H and O–H groups in total. The molecule has 3 rings (SSSR count). The topological polar surface area (TPSA) is 81.4 Å². The summed E-state index contributed by atoms with van der Waals surface area (Å²) in [6, 6.07) is 6.80. The third-order valence-electron chi connectivity index (χ3n) is 3.47. The minimum Gasteiger partial charge on any atom is -0.462 e. The van der Waals surface area contributed by atoms with Crippen LogP contribution < -0.4 is 5.32 Å². The maximum absolute atomic E-state index is 12.3. The molecule has 0 saturated heterocycles. The van der Waals surface area contributed by atoms with Crippen LogP contribution in [0.5, 0.6) is 0 Å². The zero-order valence-corrected chi connectivity index (χ0v) is 13.2. The van der Waals surface area contributed by atoms with Crippen LogP contribution in [0.1, 0.15) is 30.1 Å². The van der Waals surface area contributed by atoms with E-state index in [0.717, 1.165) is 12.8 Å². The molecule has 1 saturated carbocycles. The van der Waals surface area contributed by atoms with E-state index in [9.17, 15) is 9.59 Å². The van der Waals surface area contributed by atoms with Crippen LogP contribution in [0.4, 0.5) is 5.88 Å². The van der Waals surface area contributed by atoms with Crippen LogP contribution >= 0.6 is 11.6 Å². The number of aromatic nitrogens is 1. The highest BCUT2D eigenvalue weighted by molar-refractivity contribution is 6.30. The van der Waals surface area contributed by atoms with Crippen molar-refractivity contribution in [1.82, 2.24) is 5.16 Å². The lowest BCUT2D eigenvalue weighted by Crippen LogP contribution is -2.16. The molecule has 0 atom stereocenters. The molecule has 1 heterocycles. The van der Waals surface area contributed by atoms with Crippen LogP contribution in [0, 0.1) is 5.92 Å². The Balaban J connectivity index is 1.97. The quantitative estimate of drug-likeness (QED) is 0.846. The second-order valence-electron chi connectivity index (χ2n) is 5.23. The molecule has 2 aromatic rings. The smallest absolute Gasteiger partial charge is 0.346 e. The number of halogens is 1. The van der Waals surface area contributed by atoms with E-state index in [4.69, 9.17) is 20.9 Å². The number of ether oxygens (including phenoxy) is 1. The van der Waals surface area contributed by atoms with Gasteiger partial charge >= 0.3 is 5.97 Å². The van der Waals surface area contributed by atoms with Gasteiger partial charge in [-0.15, -0.1) is 0 Å². The summed E-state index contributed by atoms with van der Waals surface area (Å²) in [5, 5.41) is 7.10. The fourth-order valence-corrected chi connectivity index (χ4v) is 2.26. The van der Waals surface area contributed by atoms with Gasteiger partial charge in [0.1, 0.15) is 5.69 Å². The monoisotopic (exact) mass is 334 g/mol. The maximum atomic E-state index is 12.3. The second kappa shape index (κ2) is 6.42. The molecule has 0 radical (unpaired) electrons. The first-order chi connectivity index (χ1) is 11.1. The Hall–Kier alpha value is -2.34. The Morgan fingerprint density at radius 2 is 2.04 bits per heavy atom. The number of carbonyl (C=O) groups excluding carboxylic acids is 2. The van der Waals surface area contributed by atoms with Gasteiger partial charge in [0.2, 0.25) is 11.8 Å². The van der Waals surface area contributed by atoms with Gasteiger partial charge in [0, 0.05) is 16.5 Å². The number of rotatable bonds is 5. The van der Waals surface area contributed by atoms with Gasteiger partial charge in [0.05, 0.1) is 6.61 Å². The first kappa shape index (κ1) is 15.6. The molecule has 0 aliphatic heterocycles. The minimum absolute atomic E-state index is 0.0188. The largest absolute Gasteiger partial charge is 0.462 e. The lowest BCUT2D eigenvalue weighted by atomic mass is 10.1. The lowest BCUT2D eigenvalue weighted by Gasteiger charge is -2.05. The molecule has 0 unspecified atom stereocenters. The molecular formula is C16H15ClN2O4. The van der Waals surface area contributed by atoms with Crippen molar-refractivity contribution in [2.75, 3.05) is 11.9 Å². The van der Waals surface area contributed by atoms with Gasteiger partial charge in [0.15, 0.2) is 5.56 Å². The van der Waals surface area contributed by atoms with Gasteiger partial charge in [-0.1, -0.05) is 28.9 Å². The van der Waals surface area contributed by atoms with E-state index in [2.05, 4.69) is 10.5 Å². The standard InChI is InChI=1S/C16H15ClN2O4/c1-2-22-16(21)12-13(9-5-7-11(17)8-6-9)19-23-15(12)18-14(20)10-3-4-10/h5-8,10H,2-4H2,1H3,(H,18,20). The van der Waals surface area contributed by atoms with Gasteiger partial charge in [-0.05, 0) is 31.9 Å². The summed E-state index contributed by atoms with van der Waals surface area (Å²) < 4.78 is 10.2. The number of carbonyl (C=O) groups is 2. The Kier molecular flexibility index (Phi) is 4.34. The molecule has 6 nitrogen and oxygen atoms in total. The second-order valence-corrected chi connectivity index (χ2v) is 5.66. The summed E-state index contributed by atoms with van der Waals surface area (Å²) in [6.45, 7) is 1.91. The van der Waals surface area contributed by atoms with Gasteiger partial charge in [-0.2, -0.15) is 0 Å². The number of amides is 1. The fourth-order valence-electron chi connectivity index (χ4n) is 2.13. The van der Waals surface area contributed by atoms with Gasteiger partial charge < -0.3 is 9.26 Å². The number of hydrogen-bond donors (Lipinski definition) is 1. The molecule has 120 valence electrons. The van der Waals surface area contributed by atoms with Crippen LogP contribution in [-0.4, -0.2) is 23.6 Å². The van der Waals surface area contributed by atoms with Crippen LogP contribution in [0.25, 0.3) is 11.3 Å². The molecule has 0 spiro atoms. The average molecular weight is 335 g/mol. The van der Waals surface area contributed by atoms with Crippen molar-refractivity contribution in [3.05, 3.63) is 34.9 Å². The van der Waals surface area contributed by atoms with Crippen molar-refractivity contribution < 1.29 is 18.8 Å². The summed E-state index contributed by atoms with van der Waals surface area (Å²) in [4.78, 5) is 24.2. The van der Waals surface area contributed by atoms with E-state index in [-0.39, 0.29) is 29.9 Å². The van der Waals surface area contributed by atoms with E-state index in [1.807, 2.05) is 0 Å². The highest BCUT2D eigenvalue weighted by atomic mass is 35.5. The molecule has 1 fully saturated rings. The lowest BCUT2D eigenvalue weighted by molar-refractivity contribution is -0.117. The summed E-state index contributed by atoms with van der Waals surface area (Å²) in [6.07, 6.45) is 1.69. The number of nitrogens with one attached hydrogen (secondary N) is 1. The normalized spacial score (nSPS) is 13.7. The summed E-state index contributed by atoms with van der Waals surface area (Å²) in [7, 11) is 0. The first-order valence-corrected chi connectivity index (χ1v) is 7.71. The number of hydrogen-bond acceptors (Lipinski definition) is 5. The van der Waals surface area contributed by atoms with E-state index in [1.165, 1.54) is 0 Å². The molecule has 1 aliphatic carbocycles. The van der Waals surface area contributed by atoms with Crippen molar-refractivity contribution in [2.24, 2.45) is 5.92 Å². The zero-order valence-electron chi connectivity index (χ0n) is 12.5. The molecular weight excluding hydrogens is 320 g/mol. The zero-order chi connectivity index (χ0) is 16.4. The van der Waals surface area contributed by atoms with E-state index in [1.54, 1.807) is 31.2 Å². The van der Waals surface area contributed by atoms with Crippen LogP contribution in [-0.2, 0) is 9.53 Å². The summed E-state index contributed by atoms with van der Waals surface area (Å²) in [5.41, 5.74) is 1.07. The van der Waals surface area contributed by atoms with Crippen LogP contribution in [0.2, 0.25) is 5.02 Å². The van der Waals surface area contributed by atoms with Gasteiger partial charge in [-0.25, -0.2) is 4.79 Å². The Labute approximate surface area is 137 Å². The number of esters is 1. The molecule has 1 aliphatic rings. The van der Waals surface area contributed by atoms with Gasteiger partial charge in [-0.3, -0.25) is 10.1 Å². The predicted molar refractivity (Wildman–Crippen MR) is 84.3 cm³/mol. The molecule has 0 bridgehead atoms. The third-order valence-corrected chi connectivity index (χ3v) is 3.73. The van der Waals surface area contributed by atoms with E-state index in [0.29, 0.717) is 16.3 Å². The molecule has 1 amide bonds. The fraction of sp³-hybridized carbons (Fsp3) is 0.312. The van der Waals surface area contributed by atoms with Crippen molar-refractivity contribution >= 4 is 29.4 Å². The minimum atomic E-state index is -0.593. The molecule has 1 aromatic carbocycles. The van der Waals surface area contributed by atoms with Crippen LogP contribution in [0.3, 0.4) is 0 Å². The summed E-state index contributed by atoms with van der Waals surface area (Å²) >= 11 is 5.87. The number of nitrogens with zero attached hydrogens (tertiary/aromatic N) is 1. The average Bonchev–Trinajstić information content (AvgIpc) is 3.30. The van der Waals surface area contributed by atoms with Gasteiger partial charge in [0.25, 0.3) is 0 Å². The number of anilines is 1. The maximum Gasteiger partial charge on any atom is 0.346 e. The highest BCUT2D eigenvalue weighted by Crippen LogP contribution is 2.34. The highest BCUT2D eigenvalue weighted by Gasteiger charge is 2.33. The molecule has 23 heavy (non-hydrogen) atoms. The predicted octanol–water partition coefficient (Wildman–Crippen LogP) is 3.52. The van der Waals surface area contributed by atoms with Crippen molar-refractivity contribution in [3.63, 3.8) is 0 Å². The van der Waals surface area contributed by atoms with E-state index >= 15 is 0 Å². The Morgan fingerprint density at radius 3 is 2.65 bits per heavy atom. The van der Waals surface area contributed by atoms with Crippen molar-refractivity contribution in [3.8, 4) is 11.3 Å². The third kappa shape index (κ3) is 3.37. The Morgan fingerprint density at radius 1 is 1.35 bits per heavy atom. The van der Waals surface area contributed by atoms with Crippen molar-refractivity contribution in [2.45, 2.75) is 19.8 Å². The van der Waals surface area contributed by atoms with Crippen molar-refractivity contribution in [1.29, 1.82) is 0 Å². The molecule has 1 aromatic heterocycles. The SMILES string of the molecule is CCOC(=O)c1c(-c2ccc(Cl)cc2)noc1NC(=O)C1CC1. The van der Waals surface area contributed by atoms with E-state index < -0.39 is 5.97 Å². The summed E-state index contributed by atoms with van der Waals surface area (Å²) in [5.74, 6) is -0.765. The first-order valence-electron chi connectivity index (χ1n) is 7.33. The van der Waals surface area contributed by atoms with Crippen LogP contribution in [0.15, 0.2) is 28.8 Å². The Bertz CT molecular complexity index is 735. The number of benzene rings is 1. The molecule has 7 heteroatoms.